The second-order valence-corrected chi connectivity index (χ2v) is 3.82. The molecule has 0 aliphatic heterocycles. The monoisotopic (exact) mass is 238 g/mol. The summed E-state index contributed by atoms with van der Waals surface area (Å²) in [7, 11) is 0. The summed E-state index contributed by atoms with van der Waals surface area (Å²) in [4.78, 5) is 0. The van der Waals surface area contributed by atoms with E-state index in [-0.39, 0.29) is 6.61 Å². The molecule has 0 radical (unpaired) electrons. The lowest BCUT2D eigenvalue weighted by atomic mass is 10.0. The molecular weight excluding hydrogens is 220 g/mol. The summed E-state index contributed by atoms with van der Waals surface area (Å²) in [5.74, 6) is 0.599. The topological polar surface area (TPSA) is 55.5 Å². The van der Waals surface area contributed by atoms with Gasteiger partial charge in [0.2, 0.25) is 0 Å². The Morgan fingerprint density at radius 3 is 2.59 bits per heavy atom. The molecule has 0 aromatic heterocycles. The van der Waals surface area contributed by atoms with E-state index in [0.29, 0.717) is 24.3 Å². The molecule has 0 fully saturated rings. The number of ether oxygens (including phenoxy) is 1. The predicted molar refractivity (Wildman–Crippen MR) is 65.4 cm³/mol. The van der Waals surface area contributed by atoms with Crippen LogP contribution in [0, 0.1) is 0 Å². The molecule has 1 unspecified atom stereocenters. The highest BCUT2D eigenvalue weighted by molar-refractivity contribution is 5.28. The molecule has 1 rings (SSSR count). The smallest absolute Gasteiger partial charge is 0.123 e. The van der Waals surface area contributed by atoms with Crippen molar-refractivity contribution in [1.29, 1.82) is 0 Å². The van der Waals surface area contributed by atoms with Crippen LogP contribution in [0.1, 0.15) is 24.5 Å². The molecular formula is C13H18FNO2. The van der Waals surface area contributed by atoms with Crippen LogP contribution in [0.15, 0.2) is 36.5 Å². The molecule has 0 amide bonds. The van der Waals surface area contributed by atoms with Gasteiger partial charge in [-0.2, -0.15) is 0 Å². The van der Waals surface area contributed by atoms with Gasteiger partial charge in [-0.1, -0.05) is 18.7 Å². The highest BCUT2D eigenvalue weighted by Gasteiger charge is 2.07. The zero-order valence-corrected chi connectivity index (χ0v) is 9.73. The summed E-state index contributed by atoms with van der Waals surface area (Å²) in [5, 5.41) is 9.84. The second-order valence-electron chi connectivity index (χ2n) is 3.82. The standard InChI is InChI=1S/C13H18FNO2/c1-10(15)2-7-13(16)11-3-5-12(6-4-11)17-9-8-14/h3-6,13,16H,1-2,7-9,15H2/i14-1. The molecule has 0 aliphatic carbocycles. The molecule has 94 valence electrons. The van der Waals surface area contributed by atoms with Gasteiger partial charge in [-0.3, -0.25) is 0 Å². The number of halogens is 1. The SMILES string of the molecule is C=C(N)CCC(O)c1ccc(OCC[18F])cc1. The average molecular weight is 238 g/mol. The average Bonchev–Trinajstić information content (AvgIpc) is 2.34. The van der Waals surface area contributed by atoms with Crippen molar-refractivity contribution in [1.82, 2.24) is 0 Å². The second kappa shape index (κ2) is 6.91. The number of rotatable bonds is 7. The molecule has 0 bridgehead atoms. The van der Waals surface area contributed by atoms with Gasteiger partial charge in [0.25, 0.3) is 0 Å². The Morgan fingerprint density at radius 2 is 2.06 bits per heavy atom. The first-order valence-corrected chi connectivity index (χ1v) is 5.53. The molecule has 4 heteroatoms. The molecule has 3 N–H and O–H groups in total. The minimum atomic E-state index is -0.564. The lowest BCUT2D eigenvalue weighted by Gasteiger charge is -2.11. The molecule has 0 spiro atoms. The lowest BCUT2D eigenvalue weighted by Crippen LogP contribution is -2.02. The van der Waals surface area contributed by atoms with E-state index in [1.165, 1.54) is 0 Å². The largest absolute Gasteiger partial charge is 0.491 e. The molecule has 3 nitrogen and oxygen atoms in total. The first-order valence-electron chi connectivity index (χ1n) is 5.53. The van der Waals surface area contributed by atoms with E-state index in [1.54, 1.807) is 24.3 Å². The molecule has 0 saturated carbocycles. The van der Waals surface area contributed by atoms with Crippen molar-refractivity contribution in [3.8, 4) is 5.75 Å². The van der Waals surface area contributed by atoms with Crippen molar-refractivity contribution < 1.29 is 14.2 Å². The van der Waals surface area contributed by atoms with Crippen LogP contribution in [0.4, 0.5) is 4.39 Å². The lowest BCUT2D eigenvalue weighted by molar-refractivity contribution is 0.167. The fourth-order valence-corrected chi connectivity index (χ4v) is 1.43. The van der Waals surface area contributed by atoms with Crippen LogP contribution in [0.2, 0.25) is 0 Å². The van der Waals surface area contributed by atoms with Crippen LogP contribution in [-0.2, 0) is 0 Å². The Kier molecular flexibility index (Phi) is 5.49. The first-order chi connectivity index (χ1) is 8.13. The summed E-state index contributed by atoms with van der Waals surface area (Å²) in [6, 6.07) is 6.95. The number of aliphatic hydroxyl groups excluding tert-OH is 1. The fraction of sp³-hybridized carbons (Fsp3) is 0.385. The van der Waals surface area contributed by atoms with Crippen molar-refractivity contribution in [3.05, 3.63) is 42.1 Å². The van der Waals surface area contributed by atoms with Crippen LogP contribution in [0.3, 0.4) is 0 Å². The highest BCUT2D eigenvalue weighted by Crippen LogP contribution is 2.21. The zero-order chi connectivity index (χ0) is 12.7. The summed E-state index contributed by atoms with van der Waals surface area (Å²) in [6.45, 7) is 3.12. The molecule has 17 heavy (non-hydrogen) atoms. The molecule has 1 aromatic carbocycles. The third-order valence-electron chi connectivity index (χ3n) is 2.35. The number of hydrogen-bond donors (Lipinski definition) is 2. The van der Waals surface area contributed by atoms with Gasteiger partial charge in [-0.05, 0) is 30.5 Å². The van der Waals surface area contributed by atoms with E-state index in [1.807, 2.05) is 0 Å². The third-order valence-corrected chi connectivity index (χ3v) is 2.35. The van der Waals surface area contributed by atoms with E-state index in [4.69, 9.17) is 10.5 Å². The van der Waals surface area contributed by atoms with E-state index in [0.717, 1.165) is 5.56 Å². The maximum atomic E-state index is 11.9. The van der Waals surface area contributed by atoms with Crippen molar-refractivity contribution in [2.45, 2.75) is 18.9 Å². The molecule has 1 atom stereocenters. The van der Waals surface area contributed by atoms with Gasteiger partial charge in [-0.25, -0.2) is 4.39 Å². The van der Waals surface area contributed by atoms with E-state index in [9.17, 15) is 9.50 Å². The van der Waals surface area contributed by atoms with Gasteiger partial charge in [-0.15, -0.1) is 0 Å². The van der Waals surface area contributed by atoms with Gasteiger partial charge in [0.05, 0.1) is 6.10 Å². The van der Waals surface area contributed by atoms with Gasteiger partial charge >= 0.3 is 0 Å². The summed E-state index contributed by atoms with van der Waals surface area (Å²) < 4.78 is 17.0. The predicted octanol–water partition coefficient (Wildman–Crippen LogP) is 2.32. The fourth-order valence-electron chi connectivity index (χ4n) is 1.43. The zero-order valence-electron chi connectivity index (χ0n) is 9.73. The molecule has 0 saturated heterocycles. The Labute approximate surface area is 101 Å². The Morgan fingerprint density at radius 1 is 1.41 bits per heavy atom. The number of benzene rings is 1. The molecule has 0 aliphatic rings. The maximum absolute atomic E-state index is 11.9. The Bertz CT molecular complexity index is 351. The minimum Gasteiger partial charge on any atom is -0.491 e. The van der Waals surface area contributed by atoms with Gasteiger partial charge < -0.3 is 15.6 Å². The maximum Gasteiger partial charge on any atom is 0.123 e. The minimum absolute atomic E-state index is 0.0505. The van der Waals surface area contributed by atoms with Gasteiger partial charge in [0, 0.05) is 5.70 Å². The number of alkyl halides is 1. The normalized spacial score (nSPS) is 12.1. The van der Waals surface area contributed by atoms with E-state index in [2.05, 4.69) is 6.58 Å². The molecule has 0 heterocycles. The van der Waals surface area contributed by atoms with Crippen LogP contribution >= 0.6 is 0 Å². The van der Waals surface area contributed by atoms with Gasteiger partial charge in [0.1, 0.15) is 19.0 Å². The third kappa shape index (κ3) is 4.87. The van der Waals surface area contributed by atoms with Crippen molar-refractivity contribution in [2.75, 3.05) is 13.3 Å². The Hall–Kier alpha value is -1.55. The quantitative estimate of drug-likeness (QED) is 0.766. The first kappa shape index (κ1) is 13.5. The van der Waals surface area contributed by atoms with E-state index >= 15 is 0 Å². The number of nitrogens with two attached hydrogens (primary N) is 1. The van der Waals surface area contributed by atoms with Crippen molar-refractivity contribution >= 4 is 0 Å². The van der Waals surface area contributed by atoms with Crippen LogP contribution < -0.4 is 10.5 Å². The van der Waals surface area contributed by atoms with Crippen LogP contribution in [-0.4, -0.2) is 18.4 Å². The number of hydrogen-bond acceptors (Lipinski definition) is 3. The number of aliphatic hydroxyl groups is 1. The summed E-state index contributed by atoms with van der Waals surface area (Å²) >= 11 is 0. The van der Waals surface area contributed by atoms with Crippen molar-refractivity contribution in [3.63, 3.8) is 0 Å². The molecule has 1 aromatic rings. The van der Waals surface area contributed by atoms with E-state index < -0.39 is 12.8 Å². The summed E-state index contributed by atoms with van der Waals surface area (Å²) in [5.41, 5.74) is 6.79. The Balaban J connectivity index is 2.51. The summed E-state index contributed by atoms with van der Waals surface area (Å²) in [6.07, 6.45) is 0.562. The van der Waals surface area contributed by atoms with Crippen LogP contribution in [0.5, 0.6) is 5.75 Å². The van der Waals surface area contributed by atoms with Gasteiger partial charge in [0.15, 0.2) is 0 Å². The van der Waals surface area contributed by atoms with Crippen molar-refractivity contribution in [2.24, 2.45) is 5.73 Å². The highest BCUT2D eigenvalue weighted by atomic mass is 18.2. The van der Waals surface area contributed by atoms with Crippen LogP contribution in [0.25, 0.3) is 0 Å². The number of allylic oxidation sites excluding steroid dienone is 1.